The fraction of sp³-hybridized carbons (Fsp3) is 0.263. The van der Waals surface area contributed by atoms with Crippen molar-refractivity contribution in [1.82, 2.24) is 5.43 Å². The Labute approximate surface area is 141 Å². The van der Waals surface area contributed by atoms with Crippen LogP contribution in [0.1, 0.15) is 42.3 Å². The van der Waals surface area contributed by atoms with Crippen molar-refractivity contribution in [2.75, 3.05) is 6.79 Å². The average molecular weight is 324 g/mol. The first-order valence-corrected chi connectivity index (χ1v) is 7.77. The first-order valence-electron chi connectivity index (χ1n) is 7.77. The summed E-state index contributed by atoms with van der Waals surface area (Å²) < 4.78 is 10.5. The van der Waals surface area contributed by atoms with E-state index in [0.29, 0.717) is 17.1 Å². The topological polar surface area (TPSA) is 59.9 Å². The minimum atomic E-state index is -0.295. The summed E-state index contributed by atoms with van der Waals surface area (Å²) in [5.41, 5.74) is 5.28. The van der Waals surface area contributed by atoms with Crippen LogP contribution in [-0.4, -0.2) is 18.9 Å². The maximum atomic E-state index is 12.1. The highest BCUT2D eigenvalue weighted by atomic mass is 16.7. The molecule has 2 aromatic carbocycles. The summed E-state index contributed by atoms with van der Waals surface area (Å²) in [6.45, 7) is 6.69. The molecule has 0 radical (unpaired) electrons. The van der Waals surface area contributed by atoms with Crippen molar-refractivity contribution in [2.45, 2.75) is 26.2 Å². The van der Waals surface area contributed by atoms with Gasteiger partial charge in [-0.25, -0.2) is 5.43 Å². The number of hydrazone groups is 1. The molecule has 0 spiro atoms. The molecule has 0 aromatic heterocycles. The Hall–Kier alpha value is -2.82. The molecular formula is C19H20N2O3. The third-order valence-electron chi connectivity index (χ3n) is 3.79. The minimum absolute atomic E-state index is 0.114. The summed E-state index contributed by atoms with van der Waals surface area (Å²) in [4.78, 5) is 12.1. The second-order valence-corrected chi connectivity index (χ2v) is 6.64. The van der Waals surface area contributed by atoms with Crippen molar-refractivity contribution in [1.29, 1.82) is 0 Å². The maximum absolute atomic E-state index is 12.1. The number of hydrogen-bond acceptors (Lipinski definition) is 4. The van der Waals surface area contributed by atoms with Crippen LogP contribution in [0.5, 0.6) is 11.5 Å². The zero-order chi connectivity index (χ0) is 17.2. The standard InChI is InChI=1S/C19H20N2O3/c1-19(2,3)15-7-4-13(5-8-15)11-20-21-18(22)14-6-9-16-17(10-14)24-12-23-16/h4-11H,12H2,1-3H3,(H,21,22). The number of nitrogens with one attached hydrogen (secondary N) is 1. The van der Waals surface area contributed by atoms with Crippen molar-refractivity contribution < 1.29 is 14.3 Å². The van der Waals surface area contributed by atoms with Crippen LogP contribution in [0.4, 0.5) is 0 Å². The number of fused-ring (bicyclic) bond motifs is 1. The molecule has 124 valence electrons. The van der Waals surface area contributed by atoms with Gasteiger partial charge < -0.3 is 9.47 Å². The zero-order valence-electron chi connectivity index (χ0n) is 14.0. The molecule has 3 rings (SSSR count). The predicted octanol–water partition coefficient (Wildman–Crippen LogP) is 3.48. The van der Waals surface area contributed by atoms with Gasteiger partial charge in [0, 0.05) is 5.56 Å². The Bertz CT molecular complexity index is 774. The lowest BCUT2D eigenvalue weighted by molar-refractivity contribution is 0.0954. The number of rotatable bonds is 3. The van der Waals surface area contributed by atoms with Crippen LogP contribution in [-0.2, 0) is 5.41 Å². The minimum Gasteiger partial charge on any atom is -0.454 e. The van der Waals surface area contributed by atoms with E-state index < -0.39 is 0 Å². The fourth-order valence-electron chi connectivity index (χ4n) is 2.34. The summed E-state index contributed by atoms with van der Waals surface area (Å²) in [6.07, 6.45) is 1.62. The van der Waals surface area contributed by atoms with Crippen LogP contribution in [0, 0.1) is 0 Å². The van der Waals surface area contributed by atoms with Crippen LogP contribution >= 0.6 is 0 Å². The Morgan fingerprint density at radius 1 is 1.08 bits per heavy atom. The molecule has 1 aliphatic heterocycles. The molecule has 2 aromatic rings. The SMILES string of the molecule is CC(C)(C)c1ccc(C=NNC(=O)c2ccc3c(c2)OCO3)cc1. The highest BCUT2D eigenvalue weighted by Crippen LogP contribution is 2.32. The fourth-order valence-corrected chi connectivity index (χ4v) is 2.34. The lowest BCUT2D eigenvalue weighted by atomic mass is 9.87. The third kappa shape index (κ3) is 3.56. The molecule has 0 saturated carbocycles. The van der Waals surface area contributed by atoms with Crippen LogP contribution < -0.4 is 14.9 Å². The van der Waals surface area contributed by atoms with Crippen molar-refractivity contribution in [3.05, 3.63) is 59.2 Å². The first-order chi connectivity index (χ1) is 11.4. The molecule has 1 amide bonds. The molecule has 0 atom stereocenters. The maximum Gasteiger partial charge on any atom is 0.271 e. The average Bonchev–Trinajstić information content (AvgIpc) is 3.02. The monoisotopic (exact) mass is 324 g/mol. The molecule has 0 saturated heterocycles. The van der Waals surface area contributed by atoms with Gasteiger partial charge in [0.2, 0.25) is 6.79 Å². The van der Waals surface area contributed by atoms with Gasteiger partial charge in [0.15, 0.2) is 11.5 Å². The molecule has 1 heterocycles. The summed E-state index contributed by atoms with van der Waals surface area (Å²) in [5.74, 6) is 0.925. The molecule has 1 aliphatic rings. The van der Waals surface area contributed by atoms with Crippen LogP contribution in [0.25, 0.3) is 0 Å². The van der Waals surface area contributed by atoms with Crippen LogP contribution in [0.2, 0.25) is 0 Å². The molecule has 1 N–H and O–H groups in total. The van der Waals surface area contributed by atoms with Crippen molar-refractivity contribution in [2.24, 2.45) is 5.10 Å². The number of amides is 1. The van der Waals surface area contributed by atoms with Gasteiger partial charge in [-0.05, 0) is 34.7 Å². The molecule has 5 heteroatoms. The summed E-state index contributed by atoms with van der Waals surface area (Å²) in [6, 6.07) is 13.1. The van der Waals surface area contributed by atoms with E-state index in [9.17, 15) is 4.79 Å². The molecule has 0 unspecified atom stereocenters. The smallest absolute Gasteiger partial charge is 0.271 e. The number of carbonyl (C=O) groups is 1. The number of hydrogen-bond donors (Lipinski definition) is 1. The third-order valence-corrected chi connectivity index (χ3v) is 3.79. The molecule has 5 nitrogen and oxygen atoms in total. The molecule has 0 fully saturated rings. The Morgan fingerprint density at radius 3 is 2.50 bits per heavy atom. The van der Waals surface area contributed by atoms with E-state index in [0.717, 1.165) is 5.56 Å². The van der Waals surface area contributed by atoms with E-state index in [1.54, 1.807) is 24.4 Å². The van der Waals surface area contributed by atoms with Gasteiger partial charge in [-0.15, -0.1) is 0 Å². The molecule has 24 heavy (non-hydrogen) atoms. The second-order valence-electron chi connectivity index (χ2n) is 6.64. The number of benzene rings is 2. The highest BCUT2D eigenvalue weighted by Gasteiger charge is 2.16. The van der Waals surface area contributed by atoms with E-state index in [1.165, 1.54) is 5.56 Å². The van der Waals surface area contributed by atoms with Crippen LogP contribution in [0.3, 0.4) is 0 Å². The van der Waals surface area contributed by atoms with Gasteiger partial charge in [-0.2, -0.15) is 5.10 Å². The van der Waals surface area contributed by atoms with E-state index in [-0.39, 0.29) is 18.1 Å². The zero-order valence-corrected chi connectivity index (χ0v) is 14.0. The highest BCUT2D eigenvalue weighted by molar-refractivity contribution is 5.95. The van der Waals surface area contributed by atoms with E-state index in [1.807, 2.05) is 12.1 Å². The van der Waals surface area contributed by atoms with Gasteiger partial charge in [0.05, 0.1) is 6.21 Å². The summed E-state index contributed by atoms with van der Waals surface area (Å²) in [5, 5.41) is 4.01. The summed E-state index contributed by atoms with van der Waals surface area (Å²) in [7, 11) is 0. The number of ether oxygens (including phenoxy) is 2. The summed E-state index contributed by atoms with van der Waals surface area (Å²) >= 11 is 0. The first kappa shape index (κ1) is 16.1. The number of nitrogens with zero attached hydrogens (tertiary/aromatic N) is 1. The van der Waals surface area contributed by atoms with Gasteiger partial charge in [-0.1, -0.05) is 45.0 Å². The quantitative estimate of drug-likeness (QED) is 0.694. The normalized spacial score (nSPS) is 13.3. The van der Waals surface area contributed by atoms with E-state index in [4.69, 9.17) is 9.47 Å². The predicted molar refractivity (Wildman–Crippen MR) is 92.8 cm³/mol. The second kappa shape index (κ2) is 6.35. The van der Waals surface area contributed by atoms with Crippen LogP contribution in [0.15, 0.2) is 47.6 Å². The van der Waals surface area contributed by atoms with E-state index >= 15 is 0 Å². The lowest BCUT2D eigenvalue weighted by Gasteiger charge is -2.18. The van der Waals surface area contributed by atoms with Gasteiger partial charge in [0.25, 0.3) is 5.91 Å². The Kier molecular flexibility index (Phi) is 4.25. The van der Waals surface area contributed by atoms with Crippen molar-refractivity contribution in [3.8, 4) is 11.5 Å². The molecule has 0 bridgehead atoms. The van der Waals surface area contributed by atoms with Crippen molar-refractivity contribution in [3.63, 3.8) is 0 Å². The number of carbonyl (C=O) groups excluding carboxylic acids is 1. The Balaban J connectivity index is 1.62. The molecule has 0 aliphatic carbocycles. The van der Waals surface area contributed by atoms with E-state index in [2.05, 4.69) is 43.4 Å². The van der Waals surface area contributed by atoms with Gasteiger partial charge in [-0.3, -0.25) is 4.79 Å². The molecular weight excluding hydrogens is 304 g/mol. The largest absolute Gasteiger partial charge is 0.454 e. The lowest BCUT2D eigenvalue weighted by Crippen LogP contribution is -2.17. The van der Waals surface area contributed by atoms with Crippen molar-refractivity contribution >= 4 is 12.1 Å². The Morgan fingerprint density at radius 2 is 1.79 bits per heavy atom. The van der Waals surface area contributed by atoms with Gasteiger partial charge in [0.1, 0.15) is 0 Å². The van der Waals surface area contributed by atoms with Gasteiger partial charge >= 0.3 is 0 Å².